The number of carbonyl (C=O) groups excluding carboxylic acids is 1. The number of morpholine rings is 1. The van der Waals surface area contributed by atoms with Gasteiger partial charge in [-0.2, -0.15) is 13.2 Å². The number of hydrogen-bond acceptors (Lipinski definition) is 5. The average Bonchev–Trinajstić information content (AvgIpc) is 2.62. The van der Waals surface area contributed by atoms with Crippen LogP contribution in [0.15, 0.2) is 36.7 Å². The third-order valence-corrected chi connectivity index (χ3v) is 3.67. The van der Waals surface area contributed by atoms with E-state index >= 15 is 0 Å². The summed E-state index contributed by atoms with van der Waals surface area (Å²) in [6.07, 6.45) is -3.15. The molecule has 1 N–H and O–H groups in total. The Labute approximate surface area is 141 Å². The molecule has 9 heteroatoms. The highest BCUT2D eigenvalue weighted by molar-refractivity contribution is 5.93. The van der Waals surface area contributed by atoms with E-state index < -0.39 is 11.7 Å². The van der Waals surface area contributed by atoms with E-state index in [1.54, 1.807) is 4.90 Å². The topological polar surface area (TPSA) is 67.4 Å². The highest BCUT2D eigenvalue weighted by Crippen LogP contribution is 2.30. The third kappa shape index (κ3) is 4.24. The largest absolute Gasteiger partial charge is 0.416 e. The molecule has 0 aliphatic carbocycles. The molecule has 1 saturated heterocycles. The van der Waals surface area contributed by atoms with Gasteiger partial charge in [0.15, 0.2) is 0 Å². The van der Waals surface area contributed by atoms with Crippen LogP contribution in [-0.2, 0) is 10.9 Å². The van der Waals surface area contributed by atoms with E-state index in [0.717, 1.165) is 12.1 Å². The van der Waals surface area contributed by atoms with Crippen LogP contribution < -0.4 is 5.32 Å². The molecule has 0 bridgehead atoms. The van der Waals surface area contributed by atoms with Crippen LogP contribution in [0.25, 0.3) is 0 Å². The van der Waals surface area contributed by atoms with Gasteiger partial charge in [-0.25, -0.2) is 9.97 Å². The molecule has 3 rings (SSSR count). The second kappa shape index (κ2) is 7.06. The molecule has 1 amide bonds. The van der Waals surface area contributed by atoms with Gasteiger partial charge in [0.2, 0.25) is 0 Å². The number of rotatable bonds is 3. The van der Waals surface area contributed by atoms with Gasteiger partial charge >= 0.3 is 6.18 Å². The Morgan fingerprint density at radius 1 is 1.12 bits per heavy atom. The molecule has 2 heterocycles. The minimum Gasteiger partial charge on any atom is -0.378 e. The molecule has 1 aliphatic heterocycles. The lowest BCUT2D eigenvalue weighted by atomic mass is 10.2. The maximum Gasteiger partial charge on any atom is 0.416 e. The Hall–Kier alpha value is -2.68. The number of nitrogens with one attached hydrogen (secondary N) is 1. The van der Waals surface area contributed by atoms with Gasteiger partial charge in [0.1, 0.15) is 17.8 Å². The number of amides is 1. The normalized spacial score (nSPS) is 15.1. The fourth-order valence-corrected chi connectivity index (χ4v) is 2.36. The quantitative estimate of drug-likeness (QED) is 0.920. The zero-order valence-corrected chi connectivity index (χ0v) is 13.1. The second-order valence-corrected chi connectivity index (χ2v) is 5.39. The summed E-state index contributed by atoms with van der Waals surface area (Å²) in [5.74, 6) is 0.0903. The van der Waals surface area contributed by atoms with Crippen LogP contribution in [0.4, 0.5) is 24.7 Å². The molecular weight excluding hydrogens is 337 g/mol. The smallest absolute Gasteiger partial charge is 0.378 e. The lowest BCUT2D eigenvalue weighted by molar-refractivity contribution is -0.137. The number of anilines is 2. The summed E-state index contributed by atoms with van der Waals surface area (Å²) < 4.78 is 42.9. The zero-order chi connectivity index (χ0) is 17.9. The first-order chi connectivity index (χ1) is 11.9. The zero-order valence-electron chi connectivity index (χ0n) is 13.1. The first-order valence-electron chi connectivity index (χ1n) is 7.57. The molecule has 0 unspecified atom stereocenters. The van der Waals surface area contributed by atoms with Crippen LogP contribution in [0.5, 0.6) is 0 Å². The van der Waals surface area contributed by atoms with Crippen LogP contribution in [0.3, 0.4) is 0 Å². The number of halogens is 3. The first kappa shape index (κ1) is 17.2. The van der Waals surface area contributed by atoms with Gasteiger partial charge in [0.25, 0.3) is 5.91 Å². The standard InChI is InChI=1S/C16H15F3N4O2/c17-16(18,19)11-1-3-12(4-2-11)22-14-9-13(20-10-21-14)15(24)23-5-7-25-8-6-23/h1-4,9-10H,5-8H2,(H,20,21,22). The van der Waals surface area contributed by atoms with E-state index in [2.05, 4.69) is 15.3 Å². The Morgan fingerprint density at radius 3 is 2.44 bits per heavy atom. The van der Waals surface area contributed by atoms with Gasteiger partial charge in [-0.05, 0) is 24.3 Å². The third-order valence-electron chi connectivity index (χ3n) is 3.67. The molecule has 0 spiro atoms. The number of benzene rings is 1. The molecule has 0 saturated carbocycles. The average molecular weight is 352 g/mol. The van der Waals surface area contributed by atoms with E-state index in [4.69, 9.17) is 4.74 Å². The van der Waals surface area contributed by atoms with Crippen molar-refractivity contribution in [3.05, 3.63) is 47.9 Å². The Balaban J connectivity index is 1.72. The molecule has 132 valence electrons. The van der Waals surface area contributed by atoms with Crippen molar-refractivity contribution in [3.8, 4) is 0 Å². The minimum atomic E-state index is -4.38. The van der Waals surface area contributed by atoms with E-state index in [1.165, 1.54) is 24.5 Å². The first-order valence-corrected chi connectivity index (χ1v) is 7.57. The summed E-state index contributed by atoms with van der Waals surface area (Å²) in [6, 6.07) is 6.02. The van der Waals surface area contributed by atoms with Crippen molar-refractivity contribution in [3.63, 3.8) is 0 Å². The number of carbonyl (C=O) groups is 1. The number of nitrogens with zero attached hydrogens (tertiary/aromatic N) is 3. The summed E-state index contributed by atoms with van der Waals surface area (Å²) in [4.78, 5) is 22.0. The maximum atomic E-state index is 12.6. The molecule has 25 heavy (non-hydrogen) atoms. The molecule has 1 aromatic heterocycles. The Morgan fingerprint density at radius 2 is 1.80 bits per heavy atom. The predicted molar refractivity (Wildman–Crippen MR) is 83.5 cm³/mol. The molecular formula is C16H15F3N4O2. The van der Waals surface area contributed by atoms with Crippen molar-refractivity contribution >= 4 is 17.4 Å². The van der Waals surface area contributed by atoms with Crippen LogP contribution in [0.2, 0.25) is 0 Å². The number of hydrogen-bond donors (Lipinski definition) is 1. The second-order valence-electron chi connectivity index (χ2n) is 5.39. The van der Waals surface area contributed by atoms with Crippen LogP contribution in [0.1, 0.15) is 16.1 Å². The summed E-state index contributed by atoms with van der Waals surface area (Å²) in [6.45, 7) is 1.94. The predicted octanol–water partition coefficient (Wildman–Crippen LogP) is 2.71. The van der Waals surface area contributed by atoms with Crippen molar-refractivity contribution < 1.29 is 22.7 Å². The fraction of sp³-hybridized carbons (Fsp3) is 0.312. The Kier molecular flexibility index (Phi) is 4.84. The molecule has 1 aromatic carbocycles. The summed E-state index contributed by atoms with van der Waals surface area (Å²) in [7, 11) is 0. The maximum absolute atomic E-state index is 12.6. The van der Waals surface area contributed by atoms with Crippen LogP contribution >= 0.6 is 0 Å². The number of aromatic nitrogens is 2. The van der Waals surface area contributed by atoms with Crippen molar-refractivity contribution in [2.24, 2.45) is 0 Å². The van der Waals surface area contributed by atoms with Crippen LogP contribution in [0, 0.1) is 0 Å². The number of alkyl halides is 3. The number of ether oxygens (including phenoxy) is 1. The van der Waals surface area contributed by atoms with E-state index in [-0.39, 0.29) is 11.6 Å². The molecule has 0 atom stereocenters. The van der Waals surface area contributed by atoms with E-state index in [9.17, 15) is 18.0 Å². The lowest BCUT2D eigenvalue weighted by Gasteiger charge is -2.26. The monoisotopic (exact) mass is 352 g/mol. The van der Waals surface area contributed by atoms with Gasteiger partial charge in [0.05, 0.1) is 18.8 Å². The molecule has 0 radical (unpaired) electrons. The highest BCUT2D eigenvalue weighted by Gasteiger charge is 2.30. The molecule has 1 fully saturated rings. The van der Waals surface area contributed by atoms with Gasteiger partial charge in [-0.1, -0.05) is 0 Å². The van der Waals surface area contributed by atoms with Crippen molar-refractivity contribution in [2.45, 2.75) is 6.18 Å². The van der Waals surface area contributed by atoms with E-state index in [1.807, 2.05) is 0 Å². The molecule has 1 aliphatic rings. The van der Waals surface area contributed by atoms with Gasteiger partial charge in [-0.3, -0.25) is 4.79 Å². The van der Waals surface area contributed by atoms with Crippen LogP contribution in [-0.4, -0.2) is 47.1 Å². The van der Waals surface area contributed by atoms with Gasteiger partial charge in [-0.15, -0.1) is 0 Å². The molecule has 2 aromatic rings. The summed E-state index contributed by atoms with van der Waals surface area (Å²) in [5, 5.41) is 2.87. The van der Waals surface area contributed by atoms with E-state index in [0.29, 0.717) is 37.8 Å². The van der Waals surface area contributed by atoms with Gasteiger partial charge < -0.3 is 15.0 Å². The van der Waals surface area contributed by atoms with Crippen molar-refractivity contribution in [1.29, 1.82) is 0 Å². The Bertz CT molecular complexity index is 744. The highest BCUT2D eigenvalue weighted by atomic mass is 19.4. The molecule has 6 nitrogen and oxygen atoms in total. The summed E-state index contributed by atoms with van der Waals surface area (Å²) in [5.41, 5.74) is -0.0910. The SMILES string of the molecule is O=C(c1cc(Nc2ccc(C(F)(F)F)cc2)ncn1)N1CCOCC1. The lowest BCUT2D eigenvalue weighted by Crippen LogP contribution is -2.41. The van der Waals surface area contributed by atoms with Gasteiger partial charge in [0, 0.05) is 24.8 Å². The van der Waals surface area contributed by atoms with Crippen molar-refractivity contribution in [1.82, 2.24) is 14.9 Å². The minimum absolute atomic E-state index is 0.214. The fourth-order valence-electron chi connectivity index (χ4n) is 2.36. The van der Waals surface area contributed by atoms with Crippen molar-refractivity contribution in [2.75, 3.05) is 31.6 Å². The summed E-state index contributed by atoms with van der Waals surface area (Å²) >= 11 is 0.